The zero-order valence-electron chi connectivity index (χ0n) is 10.2. The summed E-state index contributed by atoms with van der Waals surface area (Å²) in [6.45, 7) is 0.290. The maximum absolute atomic E-state index is 11.8. The molecular weight excluding hydrogens is 332 g/mol. The second kappa shape index (κ2) is 6.32. The number of halogens is 2. The minimum atomic E-state index is -0.203. The van der Waals surface area contributed by atoms with Gasteiger partial charge >= 0.3 is 0 Å². The molecule has 0 fully saturated rings. The van der Waals surface area contributed by atoms with Gasteiger partial charge in [0.25, 0.3) is 5.56 Å². The largest absolute Gasteiger partial charge is 0.378 e. The van der Waals surface area contributed by atoms with Gasteiger partial charge in [-0.1, -0.05) is 23.7 Å². The molecule has 0 spiro atoms. The molecule has 2 rings (SSSR count). The van der Waals surface area contributed by atoms with Crippen molar-refractivity contribution in [2.45, 2.75) is 13.0 Å². The first kappa shape index (κ1) is 14.2. The topological polar surface area (TPSA) is 55.0 Å². The number of rotatable bonds is 4. The molecule has 1 aromatic carbocycles. The highest BCUT2D eigenvalue weighted by Crippen LogP contribution is 2.14. The van der Waals surface area contributed by atoms with Gasteiger partial charge in [-0.25, -0.2) is 4.98 Å². The molecule has 0 radical (unpaired) electrons. The predicted octanol–water partition coefficient (Wildman–Crippen LogP) is 2.92. The molecule has 4 nitrogen and oxygen atoms in total. The van der Waals surface area contributed by atoms with E-state index in [1.165, 1.54) is 0 Å². The zero-order chi connectivity index (χ0) is 13.8. The lowest BCUT2D eigenvalue weighted by Crippen LogP contribution is -2.16. The average Bonchev–Trinajstić information content (AvgIpc) is 2.38. The van der Waals surface area contributed by atoms with Crippen molar-refractivity contribution >= 4 is 27.5 Å². The van der Waals surface area contributed by atoms with E-state index in [0.717, 1.165) is 5.56 Å². The van der Waals surface area contributed by atoms with Crippen LogP contribution >= 0.6 is 27.5 Å². The molecule has 0 aliphatic carbocycles. The molecule has 0 bridgehead atoms. The highest BCUT2D eigenvalue weighted by atomic mass is 79.9. The van der Waals surface area contributed by atoms with Crippen LogP contribution in [0.4, 0.5) is 0 Å². The number of nitrogens with one attached hydrogen (secondary N) is 1. The molecule has 0 aliphatic heterocycles. The van der Waals surface area contributed by atoms with Crippen LogP contribution < -0.4 is 5.56 Å². The molecule has 1 heterocycles. The van der Waals surface area contributed by atoms with Crippen LogP contribution in [0.1, 0.15) is 17.1 Å². The van der Waals surface area contributed by atoms with Crippen molar-refractivity contribution < 1.29 is 4.74 Å². The number of hydrogen-bond acceptors (Lipinski definition) is 3. The minimum Gasteiger partial charge on any atom is -0.378 e. The Balaban J connectivity index is 2.30. The van der Waals surface area contributed by atoms with Crippen molar-refractivity contribution in [1.29, 1.82) is 0 Å². The summed E-state index contributed by atoms with van der Waals surface area (Å²) in [4.78, 5) is 18.9. The van der Waals surface area contributed by atoms with E-state index in [1.54, 1.807) is 7.11 Å². The van der Waals surface area contributed by atoms with Gasteiger partial charge in [-0.15, -0.1) is 0 Å². The van der Waals surface area contributed by atoms with Crippen LogP contribution in [0.3, 0.4) is 0 Å². The first-order chi connectivity index (χ1) is 9.10. The third-order valence-electron chi connectivity index (χ3n) is 2.55. The fourth-order valence-electron chi connectivity index (χ4n) is 1.67. The van der Waals surface area contributed by atoms with E-state index >= 15 is 0 Å². The molecule has 6 heteroatoms. The molecule has 1 aromatic heterocycles. The van der Waals surface area contributed by atoms with Crippen molar-refractivity contribution in [3.63, 3.8) is 0 Å². The first-order valence-electron chi connectivity index (χ1n) is 5.61. The van der Waals surface area contributed by atoms with Gasteiger partial charge in [0.15, 0.2) is 0 Å². The molecule has 0 unspecified atom stereocenters. The Bertz CT molecular complexity index is 626. The second-order valence-corrected chi connectivity index (χ2v) is 5.24. The Morgan fingerprint density at radius 2 is 2.05 bits per heavy atom. The quantitative estimate of drug-likeness (QED) is 0.928. The van der Waals surface area contributed by atoms with E-state index in [4.69, 9.17) is 16.3 Å². The van der Waals surface area contributed by atoms with Crippen LogP contribution in [-0.2, 0) is 17.8 Å². The van der Waals surface area contributed by atoms with Gasteiger partial charge in [0.05, 0.1) is 12.3 Å². The number of hydrogen-bond donors (Lipinski definition) is 1. The number of H-pyrrole nitrogens is 1. The van der Waals surface area contributed by atoms with E-state index in [2.05, 4.69) is 25.9 Å². The molecule has 0 saturated carbocycles. The van der Waals surface area contributed by atoms with Gasteiger partial charge in [0.1, 0.15) is 10.3 Å². The van der Waals surface area contributed by atoms with Crippen molar-refractivity contribution in [2.24, 2.45) is 0 Å². The van der Waals surface area contributed by atoms with Gasteiger partial charge in [-0.05, 0) is 33.6 Å². The smallest absolute Gasteiger partial charge is 0.265 e. The fourth-order valence-corrected chi connectivity index (χ4v) is 2.10. The van der Waals surface area contributed by atoms with Crippen molar-refractivity contribution in [2.75, 3.05) is 7.11 Å². The predicted molar refractivity (Wildman–Crippen MR) is 77.5 cm³/mol. The molecule has 19 heavy (non-hydrogen) atoms. The third-order valence-corrected chi connectivity index (χ3v) is 3.62. The van der Waals surface area contributed by atoms with Crippen LogP contribution in [0, 0.1) is 0 Å². The summed E-state index contributed by atoms with van der Waals surface area (Å²) in [7, 11) is 1.56. The average molecular weight is 344 g/mol. The Hall–Kier alpha value is -1.17. The number of aromatic nitrogens is 2. The van der Waals surface area contributed by atoms with Crippen molar-refractivity contribution in [3.05, 3.63) is 61.2 Å². The minimum absolute atomic E-state index is 0.203. The molecular formula is C13H12BrClN2O2. The Labute approximate surface area is 123 Å². The monoisotopic (exact) mass is 342 g/mol. The van der Waals surface area contributed by atoms with E-state index in [1.807, 2.05) is 24.3 Å². The highest BCUT2D eigenvalue weighted by molar-refractivity contribution is 9.10. The van der Waals surface area contributed by atoms with Gasteiger partial charge in [0, 0.05) is 18.6 Å². The molecule has 0 amide bonds. The summed E-state index contributed by atoms with van der Waals surface area (Å²) in [6.07, 6.45) is 0.538. The summed E-state index contributed by atoms with van der Waals surface area (Å²) in [5.41, 5.74) is 1.42. The molecule has 1 N–H and O–H groups in total. The van der Waals surface area contributed by atoms with E-state index < -0.39 is 0 Å². The maximum atomic E-state index is 11.8. The SMILES string of the molecule is COCc1nc(Cc2ccc(Cl)cc2)[nH]c(=O)c1Br. The van der Waals surface area contributed by atoms with Crippen LogP contribution in [0.5, 0.6) is 0 Å². The van der Waals surface area contributed by atoms with Crippen LogP contribution in [0.15, 0.2) is 33.5 Å². The number of aromatic amines is 1. The molecule has 2 aromatic rings. The van der Waals surface area contributed by atoms with E-state index in [-0.39, 0.29) is 12.2 Å². The second-order valence-electron chi connectivity index (χ2n) is 4.01. The lowest BCUT2D eigenvalue weighted by atomic mass is 10.1. The van der Waals surface area contributed by atoms with Crippen LogP contribution in [-0.4, -0.2) is 17.1 Å². The first-order valence-corrected chi connectivity index (χ1v) is 6.78. The van der Waals surface area contributed by atoms with Gasteiger partial charge in [0.2, 0.25) is 0 Å². The van der Waals surface area contributed by atoms with E-state index in [9.17, 15) is 4.79 Å². The Morgan fingerprint density at radius 1 is 1.37 bits per heavy atom. The lowest BCUT2D eigenvalue weighted by Gasteiger charge is -2.06. The van der Waals surface area contributed by atoms with Crippen LogP contribution in [0.25, 0.3) is 0 Å². The Kier molecular flexibility index (Phi) is 4.74. The number of nitrogens with zero attached hydrogens (tertiary/aromatic N) is 1. The molecule has 0 aliphatic rings. The number of benzene rings is 1. The summed E-state index contributed by atoms with van der Waals surface area (Å²) in [5.74, 6) is 0.600. The standard InChI is InChI=1S/C13H12BrClN2O2/c1-19-7-10-12(14)13(18)17-11(16-10)6-8-2-4-9(15)5-3-8/h2-5H,6-7H2,1H3,(H,16,17,18). The summed E-state index contributed by atoms with van der Waals surface area (Å²) < 4.78 is 5.43. The van der Waals surface area contributed by atoms with Gasteiger partial charge in [-0.3, -0.25) is 4.79 Å². The van der Waals surface area contributed by atoms with Gasteiger partial charge < -0.3 is 9.72 Å². The number of ether oxygens (including phenoxy) is 1. The fraction of sp³-hybridized carbons (Fsp3) is 0.231. The van der Waals surface area contributed by atoms with Crippen molar-refractivity contribution in [1.82, 2.24) is 9.97 Å². The zero-order valence-corrected chi connectivity index (χ0v) is 12.6. The summed E-state index contributed by atoms with van der Waals surface area (Å²) in [5, 5.41) is 0.682. The lowest BCUT2D eigenvalue weighted by molar-refractivity contribution is 0.180. The molecule has 0 atom stereocenters. The molecule has 0 saturated heterocycles. The maximum Gasteiger partial charge on any atom is 0.265 e. The van der Waals surface area contributed by atoms with Crippen LogP contribution in [0.2, 0.25) is 5.02 Å². The Morgan fingerprint density at radius 3 is 2.68 bits per heavy atom. The summed E-state index contributed by atoms with van der Waals surface area (Å²) >= 11 is 9.04. The van der Waals surface area contributed by atoms with Crippen molar-refractivity contribution in [3.8, 4) is 0 Å². The normalized spacial score (nSPS) is 10.7. The van der Waals surface area contributed by atoms with Gasteiger partial charge in [-0.2, -0.15) is 0 Å². The molecule has 100 valence electrons. The summed E-state index contributed by atoms with van der Waals surface area (Å²) in [6, 6.07) is 7.43. The number of methoxy groups -OCH3 is 1. The highest BCUT2D eigenvalue weighted by Gasteiger charge is 2.09. The van der Waals surface area contributed by atoms with E-state index in [0.29, 0.717) is 27.4 Å². The third kappa shape index (κ3) is 3.65.